The fraction of sp³-hybridized carbons (Fsp3) is 0.227. The normalized spacial score (nSPS) is 16.5. The number of amidine groups is 1. The third-order valence-corrected chi connectivity index (χ3v) is 4.09. The van der Waals surface area contributed by atoms with Gasteiger partial charge in [-0.25, -0.2) is 9.69 Å². The number of ether oxygens (including phenoxy) is 2. The van der Waals surface area contributed by atoms with Crippen molar-refractivity contribution in [2.75, 3.05) is 13.2 Å². The summed E-state index contributed by atoms with van der Waals surface area (Å²) in [6, 6.07) is 19.2. The molecule has 3 rings (SSSR count). The summed E-state index contributed by atoms with van der Waals surface area (Å²) in [5, 5.41) is 8.47. The molecule has 6 heteroatoms. The van der Waals surface area contributed by atoms with E-state index in [-0.39, 0.29) is 12.6 Å². The quantitative estimate of drug-likeness (QED) is 0.761. The van der Waals surface area contributed by atoms with Gasteiger partial charge in [0.1, 0.15) is 6.04 Å². The number of benzene rings is 2. The number of hydrogen-bond acceptors (Lipinski definition) is 5. The van der Waals surface area contributed by atoms with E-state index in [1.807, 2.05) is 79.7 Å². The molecule has 1 atom stereocenters. The maximum Gasteiger partial charge on any atom is 0.418 e. The molecule has 2 aromatic rings. The maximum absolute atomic E-state index is 12.8. The highest BCUT2D eigenvalue weighted by Gasteiger charge is 2.37. The van der Waals surface area contributed by atoms with E-state index in [0.29, 0.717) is 12.3 Å². The lowest BCUT2D eigenvalue weighted by molar-refractivity contribution is 0.111. The first kappa shape index (κ1) is 19.4. The van der Waals surface area contributed by atoms with Crippen LogP contribution in [0.15, 0.2) is 76.9 Å². The van der Waals surface area contributed by atoms with Gasteiger partial charge in [-0.05, 0) is 31.1 Å². The number of rotatable bonds is 5. The molecule has 0 radical (unpaired) electrons. The second kappa shape index (κ2) is 9.50. The number of nitrogens with zero attached hydrogens (tertiary/aromatic N) is 3. The van der Waals surface area contributed by atoms with Gasteiger partial charge in [0.15, 0.2) is 0 Å². The molecule has 1 aliphatic rings. The monoisotopic (exact) mass is 377 g/mol. The van der Waals surface area contributed by atoms with E-state index in [0.717, 1.165) is 11.1 Å². The Kier molecular flexibility index (Phi) is 6.57. The molecular weight excluding hydrogens is 354 g/mol. The van der Waals surface area contributed by atoms with E-state index >= 15 is 0 Å². The van der Waals surface area contributed by atoms with Crippen molar-refractivity contribution in [1.82, 2.24) is 4.90 Å². The van der Waals surface area contributed by atoms with E-state index in [2.05, 4.69) is 10.2 Å². The van der Waals surface area contributed by atoms with E-state index in [1.165, 1.54) is 4.90 Å². The van der Waals surface area contributed by atoms with Crippen LogP contribution in [0.3, 0.4) is 0 Å². The van der Waals surface area contributed by atoms with Crippen LogP contribution < -0.4 is 0 Å². The van der Waals surface area contributed by atoms with Gasteiger partial charge >= 0.3 is 12.1 Å². The highest BCUT2D eigenvalue weighted by molar-refractivity contribution is 6.09. The van der Waals surface area contributed by atoms with E-state index in [9.17, 15) is 4.79 Å². The van der Waals surface area contributed by atoms with E-state index < -0.39 is 12.1 Å². The molecule has 0 fully saturated rings. The second-order valence-electron chi connectivity index (χ2n) is 5.97. The van der Waals surface area contributed by atoms with Crippen molar-refractivity contribution in [3.63, 3.8) is 0 Å². The summed E-state index contributed by atoms with van der Waals surface area (Å²) >= 11 is 0. The summed E-state index contributed by atoms with van der Waals surface area (Å²) in [7, 11) is 0. The highest BCUT2D eigenvalue weighted by Crippen LogP contribution is 2.28. The highest BCUT2D eigenvalue weighted by atomic mass is 16.6. The SMILES string of the molecule is CCOC(=O)N1C(OCC)=NN=C(/C=C/c2ccccc2)C1c1ccccc1. The first-order valence-corrected chi connectivity index (χ1v) is 9.27. The van der Waals surface area contributed by atoms with Gasteiger partial charge in [0.05, 0.1) is 18.9 Å². The molecule has 144 valence electrons. The minimum Gasteiger partial charge on any atom is -0.464 e. The summed E-state index contributed by atoms with van der Waals surface area (Å²) in [6.07, 6.45) is 3.29. The number of amides is 1. The molecule has 0 saturated heterocycles. The lowest BCUT2D eigenvalue weighted by Crippen LogP contribution is -2.46. The molecule has 1 aliphatic heterocycles. The average molecular weight is 377 g/mol. The van der Waals surface area contributed by atoms with Crippen LogP contribution in [0.4, 0.5) is 4.79 Å². The van der Waals surface area contributed by atoms with Crippen LogP contribution >= 0.6 is 0 Å². The van der Waals surface area contributed by atoms with Gasteiger partial charge in [-0.15, -0.1) is 5.10 Å². The van der Waals surface area contributed by atoms with Gasteiger partial charge in [0.25, 0.3) is 0 Å². The molecule has 1 unspecified atom stereocenters. The smallest absolute Gasteiger partial charge is 0.418 e. The van der Waals surface area contributed by atoms with Crippen molar-refractivity contribution < 1.29 is 14.3 Å². The van der Waals surface area contributed by atoms with Crippen molar-refractivity contribution in [1.29, 1.82) is 0 Å². The van der Waals surface area contributed by atoms with Crippen molar-refractivity contribution in [3.05, 3.63) is 77.9 Å². The van der Waals surface area contributed by atoms with Crippen LogP contribution in [0.2, 0.25) is 0 Å². The predicted molar refractivity (Wildman–Crippen MR) is 110 cm³/mol. The molecular formula is C22H23N3O3. The number of carbonyl (C=O) groups excluding carboxylic acids is 1. The molecule has 2 aromatic carbocycles. The third-order valence-electron chi connectivity index (χ3n) is 4.09. The van der Waals surface area contributed by atoms with Crippen LogP contribution in [0.5, 0.6) is 0 Å². The zero-order valence-electron chi connectivity index (χ0n) is 16.0. The van der Waals surface area contributed by atoms with Crippen LogP contribution in [-0.2, 0) is 9.47 Å². The van der Waals surface area contributed by atoms with Gasteiger partial charge in [-0.1, -0.05) is 71.8 Å². The summed E-state index contributed by atoms with van der Waals surface area (Å²) in [4.78, 5) is 14.2. The topological polar surface area (TPSA) is 63.5 Å². The predicted octanol–water partition coefficient (Wildman–Crippen LogP) is 4.66. The van der Waals surface area contributed by atoms with Crippen molar-refractivity contribution >= 4 is 23.9 Å². The Bertz CT molecular complexity index is 876. The van der Waals surface area contributed by atoms with Gasteiger partial charge in [0, 0.05) is 0 Å². The van der Waals surface area contributed by atoms with Gasteiger partial charge in [0.2, 0.25) is 0 Å². The first-order valence-electron chi connectivity index (χ1n) is 9.27. The molecule has 0 N–H and O–H groups in total. The Hall–Kier alpha value is -3.41. The molecule has 0 aromatic heterocycles. The van der Waals surface area contributed by atoms with Gasteiger partial charge in [-0.3, -0.25) is 0 Å². The van der Waals surface area contributed by atoms with Crippen molar-refractivity contribution in [2.45, 2.75) is 19.9 Å². The van der Waals surface area contributed by atoms with Crippen molar-refractivity contribution in [3.8, 4) is 0 Å². The fourth-order valence-electron chi connectivity index (χ4n) is 2.88. The van der Waals surface area contributed by atoms with Gasteiger partial charge < -0.3 is 9.47 Å². The van der Waals surface area contributed by atoms with E-state index in [1.54, 1.807) is 6.92 Å². The molecule has 1 amide bonds. The molecule has 0 bridgehead atoms. The summed E-state index contributed by atoms with van der Waals surface area (Å²) in [6.45, 7) is 4.21. The third kappa shape index (κ3) is 4.46. The van der Waals surface area contributed by atoms with Crippen LogP contribution in [-0.4, -0.2) is 35.9 Å². The van der Waals surface area contributed by atoms with Gasteiger partial charge in [-0.2, -0.15) is 0 Å². The first-order chi connectivity index (χ1) is 13.7. The zero-order chi connectivity index (χ0) is 19.8. The molecule has 0 spiro atoms. The summed E-state index contributed by atoms with van der Waals surface area (Å²) < 4.78 is 10.8. The number of carbonyl (C=O) groups is 1. The molecule has 0 aliphatic carbocycles. The fourth-order valence-corrected chi connectivity index (χ4v) is 2.88. The Morgan fingerprint density at radius 1 is 0.964 bits per heavy atom. The maximum atomic E-state index is 12.8. The number of hydrogen-bond donors (Lipinski definition) is 0. The Labute approximate surface area is 164 Å². The summed E-state index contributed by atoms with van der Waals surface area (Å²) in [5.41, 5.74) is 2.53. The van der Waals surface area contributed by atoms with Crippen LogP contribution in [0, 0.1) is 0 Å². The lowest BCUT2D eigenvalue weighted by Gasteiger charge is -2.32. The minimum absolute atomic E-state index is 0.131. The largest absolute Gasteiger partial charge is 0.464 e. The van der Waals surface area contributed by atoms with Crippen molar-refractivity contribution in [2.24, 2.45) is 10.2 Å². The van der Waals surface area contributed by atoms with E-state index in [4.69, 9.17) is 9.47 Å². The Morgan fingerprint density at radius 2 is 1.64 bits per heavy atom. The Balaban J connectivity index is 2.04. The lowest BCUT2D eigenvalue weighted by atomic mass is 9.99. The Morgan fingerprint density at radius 3 is 2.29 bits per heavy atom. The second-order valence-corrected chi connectivity index (χ2v) is 5.97. The van der Waals surface area contributed by atoms with Crippen LogP contribution in [0.25, 0.3) is 6.08 Å². The zero-order valence-corrected chi connectivity index (χ0v) is 16.0. The molecule has 28 heavy (non-hydrogen) atoms. The van der Waals surface area contributed by atoms with Crippen LogP contribution in [0.1, 0.15) is 31.0 Å². The molecule has 6 nitrogen and oxygen atoms in total. The average Bonchev–Trinajstić information content (AvgIpc) is 2.74. The standard InChI is InChI=1S/C22H23N3O3/c1-3-27-21-24-23-19(16-15-17-11-7-5-8-12-17)20(18-13-9-6-10-14-18)25(21)22(26)28-4-2/h5-16,20H,3-4H2,1-2H3/b16-15+. The molecule has 0 saturated carbocycles. The summed E-state index contributed by atoms with van der Waals surface area (Å²) in [5.74, 6) is 0. The minimum atomic E-state index is -0.524. The molecule has 1 heterocycles.